The molecule has 3 heteroatoms. The Morgan fingerprint density at radius 3 is 2.55 bits per heavy atom. The molecule has 0 saturated carbocycles. The highest BCUT2D eigenvalue weighted by molar-refractivity contribution is 5.46. The number of ether oxygens (including phenoxy) is 1. The minimum atomic E-state index is 0.648. The van der Waals surface area contributed by atoms with E-state index in [1.807, 2.05) is 12.1 Å². The zero-order valence-electron chi connectivity index (χ0n) is 11.6. The molecule has 1 fully saturated rings. The van der Waals surface area contributed by atoms with Crippen LogP contribution in [0.2, 0.25) is 0 Å². The van der Waals surface area contributed by atoms with Gasteiger partial charge in [-0.3, -0.25) is 4.98 Å². The molecule has 1 aromatic carbocycles. The molecule has 0 spiro atoms. The SMILES string of the molecule is c1ccc(N2CCC(COc3cccnc3)CC2)cc1. The van der Waals surface area contributed by atoms with Crippen LogP contribution in [-0.2, 0) is 0 Å². The summed E-state index contributed by atoms with van der Waals surface area (Å²) in [6, 6.07) is 14.5. The second kappa shape index (κ2) is 6.42. The molecule has 0 aliphatic carbocycles. The molecular weight excluding hydrogens is 248 g/mol. The summed E-state index contributed by atoms with van der Waals surface area (Å²) in [6.07, 6.45) is 5.93. The highest BCUT2D eigenvalue weighted by Crippen LogP contribution is 2.23. The van der Waals surface area contributed by atoms with Crippen molar-refractivity contribution in [2.24, 2.45) is 5.92 Å². The molecule has 0 unspecified atom stereocenters. The van der Waals surface area contributed by atoms with Gasteiger partial charge in [0.05, 0.1) is 12.8 Å². The second-order valence-electron chi connectivity index (χ2n) is 5.27. The van der Waals surface area contributed by atoms with Gasteiger partial charge in [0, 0.05) is 25.0 Å². The lowest BCUT2D eigenvalue weighted by Crippen LogP contribution is -2.35. The highest BCUT2D eigenvalue weighted by Gasteiger charge is 2.19. The number of aromatic nitrogens is 1. The first-order valence-corrected chi connectivity index (χ1v) is 7.24. The number of piperidine rings is 1. The molecule has 3 nitrogen and oxygen atoms in total. The number of anilines is 1. The third-order valence-electron chi connectivity index (χ3n) is 3.86. The van der Waals surface area contributed by atoms with Crippen LogP contribution in [0.3, 0.4) is 0 Å². The monoisotopic (exact) mass is 268 g/mol. The average molecular weight is 268 g/mol. The third kappa shape index (κ3) is 3.29. The minimum absolute atomic E-state index is 0.648. The van der Waals surface area contributed by atoms with E-state index >= 15 is 0 Å². The molecule has 104 valence electrons. The van der Waals surface area contributed by atoms with Crippen molar-refractivity contribution in [3.63, 3.8) is 0 Å². The van der Waals surface area contributed by atoms with Crippen LogP contribution >= 0.6 is 0 Å². The summed E-state index contributed by atoms with van der Waals surface area (Å²) >= 11 is 0. The fourth-order valence-electron chi connectivity index (χ4n) is 2.64. The van der Waals surface area contributed by atoms with Crippen molar-refractivity contribution in [1.29, 1.82) is 0 Å². The van der Waals surface area contributed by atoms with Crippen LogP contribution in [-0.4, -0.2) is 24.7 Å². The van der Waals surface area contributed by atoms with E-state index in [0.29, 0.717) is 5.92 Å². The normalized spacial score (nSPS) is 16.1. The van der Waals surface area contributed by atoms with Gasteiger partial charge in [-0.25, -0.2) is 0 Å². The van der Waals surface area contributed by atoms with Gasteiger partial charge < -0.3 is 9.64 Å². The lowest BCUT2D eigenvalue weighted by Gasteiger charge is -2.33. The van der Waals surface area contributed by atoms with E-state index in [4.69, 9.17) is 4.74 Å². The Morgan fingerprint density at radius 1 is 1.05 bits per heavy atom. The molecule has 1 aliphatic heterocycles. The molecule has 2 aromatic rings. The van der Waals surface area contributed by atoms with Crippen LogP contribution in [0.25, 0.3) is 0 Å². The number of para-hydroxylation sites is 1. The minimum Gasteiger partial charge on any atom is -0.492 e. The van der Waals surface area contributed by atoms with E-state index in [1.165, 1.54) is 18.5 Å². The number of hydrogen-bond donors (Lipinski definition) is 0. The van der Waals surface area contributed by atoms with Crippen LogP contribution in [0.15, 0.2) is 54.9 Å². The molecule has 1 saturated heterocycles. The summed E-state index contributed by atoms with van der Waals surface area (Å²) in [4.78, 5) is 6.53. The van der Waals surface area contributed by atoms with E-state index in [0.717, 1.165) is 25.4 Å². The summed E-state index contributed by atoms with van der Waals surface area (Å²) in [6.45, 7) is 3.03. The van der Waals surface area contributed by atoms with Gasteiger partial charge in [-0.05, 0) is 43.0 Å². The number of benzene rings is 1. The maximum atomic E-state index is 5.81. The second-order valence-corrected chi connectivity index (χ2v) is 5.27. The van der Waals surface area contributed by atoms with Gasteiger partial charge in [0.2, 0.25) is 0 Å². The smallest absolute Gasteiger partial charge is 0.137 e. The molecule has 1 aromatic heterocycles. The third-order valence-corrected chi connectivity index (χ3v) is 3.86. The predicted molar refractivity (Wildman–Crippen MR) is 81.1 cm³/mol. The largest absolute Gasteiger partial charge is 0.492 e. The zero-order chi connectivity index (χ0) is 13.6. The van der Waals surface area contributed by atoms with E-state index in [2.05, 4.69) is 40.2 Å². The van der Waals surface area contributed by atoms with Crippen molar-refractivity contribution in [3.8, 4) is 5.75 Å². The summed E-state index contributed by atoms with van der Waals surface area (Å²) < 4.78 is 5.81. The lowest BCUT2D eigenvalue weighted by molar-refractivity contribution is 0.222. The molecule has 2 heterocycles. The molecular formula is C17H20N2O. The topological polar surface area (TPSA) is 25.4 Å². The summed E-state index contributed by atoms with van der Waals surface area (Å²) in [5, 5.41) is 0. The van der Waals surface area contributed by atoms with Gasteiger partial charge >= 0.3 is 0 Å². The molecule has 0 atom stereocenters. The molecule has 0 bridgehead atoms. The maximum Gasteiger partial charge on any atom is 0.137 e. The number of hydrogen-bond acceptors (Lipinski definition) is 3. The molecule has 1 aliphatic rings. The molecule has 20 heavy (non-hydrogen) atoms. The van der Waals surface area contributed by atoms with Crippen molar-refractivity contribution in [2.75, 3.05) is 24.6 Å². The Kier molecular flexibility index (Phi) is 4.16. The first-order chi connectivity index (χ1) is 9.92. The van der Waals surface area contributed by atoms with Crippen molar-refractivity contribution < 1.29 is 4.74 Å². The molecule has 0 amide bonds. The quantitative estimate of drug-likeness (QED) is 0.850. The standard InChI is InChI=1S/C17H20N2O/c1-2-5-16(6-3-1)19-11-8-15(9-12-19)14-20-17-7-4-10-18-13-17/h1-7,10,13,15H,8-9,11-12,14H2. The van der Waals surface area contributed by atoms with E-state index in [1.54, 1.807) is 12.4 Å². The summed E-state index contributed by atoms with van der Waals surface area (Å²) in [5.41, 5.74) is 1.33. The van der Waals surface area contributed by atoms with Crippen molar-refractivity contribution in [1.82, 2.24) is 4.98 Å². The van der Waals surface area contributed by atoms with Crippen LogP contribution in [0.4, 0.5) is 5.69 Å². The van der Waals surface area contributed by atoms with Crippen LogP contribution < -0.4 is 9.64 Å². The van der Waals surface area contributed by atoms with E-state index in [9.17, 15) is 0 Å². The summed E-state index contributed by atoms with van der Waals surface area (Å²) in [7, 11) is 0. The molecule has 0 radical (unpaired) electrons. The average Bonchev–Trinajstić information content (AvgIpc) is 2.55. The van der Waals surface area contributed by atoms with E-state index in [-0.39, 0.29) is 0 Å². The van der Waals surface area contributed by atoms with Gasteiger partial charge in [-0.1, -0.05) is 18.2 Å². The fraction of sp³-hybridized carbons (Fsp3) is 0.353. The van der Waals surface area contributed by atoms with Crippen molar-refractivity contribution >= 4 is 5.69 Å². The number of rotatable bonds is 4. The Labute approximate surface area is 120 Å². The Bertz CT molecular complexity index is 507. The van der Waals surface area contributed by atoms with Crippen LogP contribution in [0.1, 0.15) is 12.8 Å². The van der Waals surface area contributed by atoms with E-state index < -0.39 is 0 Å². The molecule has 3 rings (SSSR count). The first-order valence-electron chi connectivity index (χ1n) is 7.24. The van der Waals surface area contributed by atoms with Gasteiger partial charge in [0.15, 0.2) is 0 Å². The van der Waals surface area contributed by atoms with Gasteiger partial charge in [0.1, 0.15) is 5.75 Å². The number of pyridine rings is 1. The first kappa shape index (κ1) is 13.0. The Morgan fingerprint density at radius 2 is 1.85 bits per heavy atom. The molecule has 0 N–H and O–H groups in total. The van der Waals surface area contributed by atoms with Gasteiger partial charge in [-0.15, -0.1) is 0 Å². The fourth-order valence-corrected chi connectivity index (χ4v) is 2.64. The summed E-state index contributed by atoms with van der Waals surface area (Å²) in [5.74, 6) is 1.52. The maximum absolute atomic E-state index is 5.81. The van der Waals surface area contributed by atoms with Crippen molar-refractivity contribution in [2.45, 2.75) is 12.8 Å². The lowest BCUT2D eigenvalue weighted by atomic mass is 9.97. The Hall–Kier alpha value is -2.03. The zero-order valence-corrected chi connectivity index (χ0v) is 11.6. The predicted octanol–water partition coefficient (Wildman–Crippen LogP) is 3.38. The van der Waals surface area contributed by atoms with Gasteiger partial charge in [-0.2, -0.15) is 0 Å². The van der Waals surface area contributed by atoms with Gasteiger partial charge in [0.25, 0.3) is 0 Å². The number of nitrogens with zero attached hydrogens (tertiary/aromatic N) is 2. The van der Waals surface area contributed by atoms with Crippen LogP contribution in [0.5, 0.6) is 5.75 Å². The van der Waals surface area contributed by atoms with Crippen LogP contribution in [0, 0.1) is 5.92 Å². The highest BCUT2D eigenvalue weighted by atomic mass is 16.5. The Balaban J connectivity index is 1.47. The van der Waals surface area contributed by atoms with Crippen molar-refractivity contribution in [3.05, 3.63) is 54.9 Å².